The first-order valence-electron chi connectivity index (χ1n) is 12.6. The van der Waals surface area contributed by atoms with Gasteiger partial charge in [-0.15, -0.1) is 0 Å². The van der Waals surface area contributed by atoms with Crippen molar-refractivity contribution in [2.24, 2.45) is 5.92 Å². The maximum absolute atomic E-state index is 12.0. The molecule has 2 bridgehead atoms. The van der Waals surface area contributed by atoms with Crippen LogP contribution in [0.25, 0.3) is 0 Å². The van der Waals surface area contributed by atoms with Gasteiger partial charge in [0, 0.05) is 29.8 Å². The van der Waals surface area contributed by atoms with Gasteiger partial charge < -0.3 is 35.8 Å². The van der Waals surface area contributed by atoms with E-state index in [4.69, 9.17) is 20.9 Å². The fraction of sp³-hybridized carbons (Fsp3) is 0.300. The number of quaternary nitrogens is 1. The Kier molecular flexibility index (Phi) is 7.46. The van der Waals surface area contributed by atoms with E-state index >= 15 is 0 Å². The molecule has 1 atom stereocenters. The molecule has 1 N–H and O–H groups in total. The molecule has 37 heavy (non-hydrogen) atoms. The molecule has 3 aliphatic heterocycles. The lowest BCUT2D eigenvalue weighted by Crippen LogP contribution is -3.00. The van der Waals surface area contributed by atoms with Gasteiger partial charge in [0.2, 0.25) is 0 Å². The number of hydrogen-bond donors (Lipinski definition) is 1. The van der Waals surface area contributed by atoms with Crippen LogP contribution in [0.3, 0.4) is 0 Å². The summed E-state index contributed by atoms with van der Waals surface area (Å²) < 4.78 is 13.2. The zero-order valence-corrected chi connectivity index (χ0v) is 22.8. The van der Waals surface area contributed by atoms with E-state index in [1.165, 1.54) is 0 Å². The second-order valence-electron chi connectivity index (χ2n) is 10.2. The van der Waals surface area contributed by atoms with Crippen LogP contribution in [0.5, 0.6) is 5.75 Å². The van der Waals surface area contributed by atoms with Gasteiger partial charge in [0.25, 0.3) is 0 Å². The summed E-state index contributed by atoms with van der Waals surface area (Å²) in [5.74, 6) is 2.19. The van der Waals surface area contributed by atoms with E-state index in [0.717, 1.165) is 66.1 Å². The Morgan fingerprint density at radius 3 is 2.19 bits per heavy atom. The standard InChI is InChI=1S/C30H30ClN2O3.BrH/c31-25-12-7-13-26(18-25)35-28-21-33(16-14-22(28)15-17-33)20-27-19-29(32-36-27)30(34,23-8-3-1-4-9-23)24-10-5-2-6-11-24;/h1-13,18-19,22,28,34H,14-17,20-21H2;1H/q+1;/p-1/t22?,28-,33?;/m0./s1. The zero-order valence-electron chi connectivity index (χ0n) is 20.5. The SMILES string of the molecule is OC(c1ccccc1)(c1ccccc1)c1cc(C[N+]23CCC(CC2)[C@@H](Oc2cccc(Cl)c2)C3)on1.[Br-]. The summed E-state index contributed by atoms with van der Waals surface area (Å²) in [5, 5.41) is 17.1. The molecule has 7 heteroatoms. The number of nitrogens with zero attached hydrogens (tertiary/aromatic N) is 2. The Morgan fingerprint density at radius 2 is 1.57 bits per heavy atom. The van der Waals surface area contributed by atoms with Crippen molar-refractivity contribution in [3.8, 4) is 5.75 Å². The van der Waals surface area contributed by atoms with Crippen molar-refractivity contribution in [2.45, 2.75) is 31.1 Å². The van der Waals surface area contributed by atoms with Gasteiger partial charge in [-0.25, -0.2) is 0 Å². The number of piperidine rings is 3. The first-order chi connectivity index (χ1) is 17.5. The number of rotatable bonds is 7. The summed E-state index contributed by atoms with van der Waals surface area (Å²) in [4.78, 5) is 0. The summed E-state index contributed by atoms with van der Waals surface area (Å²) in [6.45, 7) is 3.85. The molecule has 0 aliphatic carbocycles. The normalized spacial score (nSPS) is 22.9. The van der Waals surface area contributed by atoms with E-state index in [2.05, 4.69) is 5.16 Å². The molecule has 7 rings (SSSR count). The minimum Gasteiger partial charge on any atom is -1.00 e. The minimum absolute atomic E-state index is 0. The van der Waals surface area contributed by atoms with Gasteiger partial charge in [-0.3, -0.25) is 0 Å². The summed E-state index contributed by atoms with van der Waals surface area (Å²) in [6, 6.07) is 28.9. The highest BCUT2D eigenvalue weighted by Gasteiger charge is 2.48. The van der Waals surface area contributed by atoms with Crippen molar-refractivity contribution < 1.29 is 35.8 Å². The van der Waals surface area contributed by atoms with Crippen LogP contribution in [-0.2, 0) is 12.1 Å². The molecule has 3 fully saturated rings. The van der Waals surface area contributed by atoms with Crippen LogP contribution in [0.4, 0.5) is 0 Å². The number of ether oxygens (including phenoxy) is 1. The predicted octanol–water partition coefficient (Wildman–Crippen LogP) is 2.80. The Balaban J connectivity index is 0.00000280. The van der Waals surface area contributed by atoms with Crippen LogP contribution in [0, 0.1) is 5.92 Å². The van der Waals surface area contributed by atoms with E-state index in [1.54, 1.807) is 0 Å². The molecule has 192 valence electrons. The first kappa shape index (κ1) is 26.0. The molecule has 4 heterocycles. The summed E-state index contributed by atoms with van der Waals surface area (Å²) >= 11 is 6.18. The molecule has 0 spiro atoms. The Bertz CT molecular complexity index is 1280. The maximum atomic E-state index is 12.0. The quantitative estimate of drug-likeness (QED) is 0.341. The Labute approximate surface area is 233 Å². The lowest BCUT2D eigenvalue weighted by Gasteiger charge is -2.51. The van der Waals surface area contributed by atoms with Crippen molar-refractivity contribution in [1.29, 1.82) is 0 Å². The van der Waals surface area contributed by atoms with Crippen LogP contribution in [0.15, 0.2) is 95.5 Å². The number of halogens is 2. The fourth-order valence-electron chi connectivity index (χ4n) is 6.00. The highest BCUT2D eigenvalue weighted by molar-refractivity contribution is 6.30. The number of aliphatic hydroxyl groups is 1. The molecule has 0 amide bonds. The number of fused-ring (bicyclic) bond motifs is 3. The fourth-order valence-corrected chi connectivity index (χ4v) is 6.18. The third-order valence-electron chi connectivity index (χ3n) is 7.93. The van der Waals surface area contributed by atoms with E-state index in [1.807, 2.05) is 91.0 Å². The summed E-state index contributed by atoms with van der Waals surface area (Å²) in [5.41, 5.74) is 0.637. The second-order valence-corrected chi connectivity index (χ2v) is 10.6. The average molecular weight is 582 g/mol. The molecule has 3 aliphatic rings. The highest BCUT2D eigenvalue weighted by Crippen LogP contribution is 2.40. The predicted molar refractivity (Wildman–Crippen MR) is 139 cm³/mol. The van der Waals surface area contributed by atoms with Gasteiger partial charge in [0.1, 0.15) is 24.5 Å². The van der Waals surface area contributed by atoms with Crippen molar-refractivity contribution in [2.75, 3.05) is 19.6 Å². The van der Waals surface area contributed by atoms with Crippen LogP contribution >= 0.6 is 11.6 Å². The van der Waals surface area contributed by atoms with Crippen LogP contribution < -0.4 is 21.7 Å². The van der Waals surface area contributed by atoms with Gasteiger partial charge in [0.05, 0.1) is 13.1 Å². The van der Waals surface area contributed by atoms with Crippen molar-refractivity contribution in [3.05, 3.63) is 119 Å². The van der Waals surface area contributed by atoms with E-state index in [-0.39, 0.29) is 23.1 Å². The van der Waals surface area contributed by atoms with Crippen molar-refractivity contribution >= 4 is 11.6 Å². The molecule has 1 aromatic heterocycles. The average Bonchev–Trinajstić information content (AvgIpc) is 3.38. The third kappa shape index (κ3) is 5.08. The smallest absolute Gasteiger partial charge is 0.191 e. The largest absolute Gasteiger partial charge is 1.00 e. The van der Waals surface area contributed by atoms with Gasteiger partial charge >= 0.3 is 0 Å². The molecule has 3 aromatic carbocycles. The first-order valence-corrected chi connectivity index (χ1v) is 13.0. The minimum atomic E-state index is -1.39. The van der Waals surface area contributed by atoms with Gasteiger partial charge in [-0.2, -0.15) is 0 Å². The lowest BCUT2D eigenvalue weighted by atomic mass is 9.82. The van der Waals surface area contributed by atoms with E-state index in [0.29, 0.717) is 16.6 Å². The number of benzene rings is 3. The molecule has 0 unspecified atom stereocenters. The van der Waals surface area contributed by atoms with E-state index in [9.17, 15) is 5.11 Å². The monoisotopic (exact) mass is 580 g/mol. The van der Waals surface area contributed by atoms with Crippen LogP contribution in [0.2, 0.25) is 5.02 Å². The van der Waals surface area contributed by atoms with Gasteiger partial charge in [-0.05, 0) is 29.3 Å². The molecule has 4 aromatic rings. The Morgan fingerprint density at radius 1 is 0.919 bits per heavy atom. The number of hydrogen-bond acceptors (Lipinski definition) is 4. The molecule has 3 saturated heterocycles. The van der Waals surface area contributed by atoms with E-state index < -0.39 is 5.60 Å². The summed E-state index contributed by atoms with van der Waals surface area (Å²) in [7, 11) is 0. The molecular weight excluding hydrogens is 552 g/mol. The molecule has 5 nitrogen and oxygen atoms in total. The molecule has 0 radical (unpaired) electrons. The van der Waals surface area contributed by atoms with Gasteiger partial charge in [-0.1, -0.05) is 83.5 Å². The van der Waals surface area contributed by atoms with Crippen molar-refractivity contribution in [3.63, 3.8) is 0 Å². The van der Waals surface area contributed by atoms with Crippen molar-refractivity contribution in [1.82, 2.24) is 5.16 Å². The zero-order chi connectivity index (χ0) is 24.6. The molecule has 0 saturated carbocycles. The van der Waals surface area contributed by atoms with Crippen LogP contribution in [-0.4, -0.2) is 40.5 Å². The topological polar surface area (TPSA) is 55.5 Å². The maximum Gasteiger partial charge on any atom is 0.191 e. The second kappa shape index (κ2) is 10.6. The third-order valence-corrected chi connectivity index (χ3v) is 8.16. The summed E-state index contributed by atoms with van der Waals surface area (Å²) in [6.07, 6.45) is 2.41. The lowest BCUT2D eigenvalue weighted by molar-refractivity contribution is -0.959. The Hall–Kier alpha value is -2.64. The highest BCUT2D eigenvalue weighted by atomic mass is 79.9. The number of aromatic nitrogens is 1. The van der Waals surface area contributed by atoms with Crippen LogP contribution in [0.1, 0.15) is 35.4 Å². The molecular formula is C30H30BrClN2O3. The van der Waals surface area contributed by atoms with Gasteiger partial charge in [0.15, 0.2) is 17.5 Å².